The van der Waals surface area contributed by atoms with Gasteiger partial charge in [-0.1, -0.05) is 12.1 Å². The largest absolute Gasteiger partial charge is 0.439 e. The Hall–Kier alpha value is -2.10. The summed E-state index contributed by atoms with van der Waals surface area (Å²) in [5.41, 5.74) is 1.16. The molecule has 2 rings (SSSR count). The predicted molar refractivity (Wildman–Crippen MR) is 72.2 cm³/mol. The minimum atomic E-state index is 0.561. The summed E-state index contributed by atoms with van der Waals surface area (Å²) in [4.78, 5) is 10.4. The van der Waals surface area contributed by atoms with Crippen LogP contribution in [0.1, 0.15) is 12.5 Å². The molecular weight excluding hydrogens is 226 g/mol. The molecule has 2 aromatic rings. The number of ether oxygens (including phenoxy) is 1. The van der Waals surface area contributed by atoms with E-state index >= 15 is 0 Å². The molecule has 0 aliphatic rings. The SMILES string of the molecule is CCN(C)c1cc(Oc2cccc(C)c2)ncn1. The third-order valence-electron chi connectivity index (χ3n) is 2.70. The van der Waals surface area contributed by atoms with E-state index in [0.29, 0.717) is 5.88 Å². The topological polar surface area (TPSA) is 38.2 Å². The highest BCUT2D eigenvalue weighted by molar-refractivity contribution is 5.41. The maximum Gasteiger partial charge on any atom is 0.224 e. The highest BCUT2D eigenvalue weighted by Crippen LogP contribution is 2.22. The van der Waals surface area contributed by atoms with Gasteiger partial charge in [-0.05, 0) is 31.5 Å². The van der Waals surface area contributed by atoms with Crippen molar-refractivity contribution in [2.75, 3.05) is 18.5 Å². The van der Waals surface area contributed by atoms with E-state index in [-0.39, 0.29) is 0 Å². The van der Waals surface area contributed by atoms with Gasteiger partial charge >= 0.3 is 0 Å². The first-order valence-corrected chi connectivity index (χ1v) is 5.96. The van der Waals surface area contributed by atoms with Gasteiger partial charge in [0.1, 0.15) is 17.9 Å². The van der Waals surface area contributed by atoms with Gasteiger partial charge in [0.15, 0.2) is 0 Å². The van der Waals surface area contributed by atoms with E-state index in [4.69, 9.17) is 4.74 Å². The summed E-state index contributed by atoms with van der Waals surface area (Å²) in [5.74, 6) is 2.21. The van der Waals surface area contributed by atoms with Crippen LogP contribution in [0.3, 0.4) is 0 Å². The summed E-state index contributed by atoms with van der Waals surface area (Å²) < 4.78 is 5.72. The number of hydrogen-bond donors (Lipinski definition) is 0. The molecule has 0 aliphatic heterocycles. The number of benzene rings is 1. The molecule has 94 valence electrons. The van der Waals surface area contributed by atoms with Crippen molar-refractivity contribution < 1.29 is 4.74 Å². The van der Waals surface area contributed by atoms with E-state index in [1.165, 1.54) is 6.33 Å². The molecule has 0 amide bonds. The second-order valence-corrected chi connectivity index (χ2v) is 4.15. The lowest BCUT2D eigenvalue weighted by molar-refractivity contribution is 0.461. The van der Waals surface area contributed by atoms with Crippen molar-refractivity contribution in [2.24, 2.45) is 0 Å². The van der Waals surface area contributed by atoms with Crippen molar-refractivity contribution in [1.29, 1.82) is 0 Å². The first-order chi connectivity index (χ1) is 8.69. The van der Waals surface area contributed by atoms with Crippen LogP contribution in [0.25, 0.3) is 0 Å². The number of hydrogen-bond acceptors (Lipinski definition) is 4. The lowest BCUT2D eigenvalue weighted by atomic mass is 10.2. The van der Waals surface area contributed by atoms with Gasteiger partial charge in [0, 0.05) is 19.7 Å². The average molecular weight is 243 g/mol. The van der Waals surface area contributed by atoms with E-state index in [9.17, 15) is 0 Å². The first kappa shape index (κ1) is 12.4. The summed E-state index contributed by atoms with van der Waals surface area (Å²) in [5, 5.41) is 0. The summed E-state index contributed by atoms with van der Waals surface area (Å²) in [6.45, 7) is 4.99. The molecule has 0 aliphatic carbocycles. The van der Waals surface area contributed by atoms with Gasteiger partial charge in [0.25, 0.3) is 0 Å². The fraction of sp³-hybridized carbons (Fsp3) is 0.286. The predicted octanol–water partition coefficient (Wildman–Crippen LogP) is 3.03. The van der Waals surface area contributed by atoms with E-state index in [2.05, 4.69) is 16.9 Å². The first-order valence-electron chi connectivity index (χ1n) is 5.96. The summed E-state index contributed by atoms with van der Waals surface area (Å²) >= 11 is 0. The number of anilines is 1. The normalized spacial score (nSPS) is 10.2. The van der Waals surface area contributed by atoms with Gasteiger partial charge in [-0.3, -0.25) is 0 Å². The number of rotatable bonds is 4. The van der Waals surface area contributed by atoms with Gasteiger partial charge in [-0.15, -0.1) is 0 Å². The number of nitrogens with zero attached hydrogens (tertiary/aromatic N) is 3. The van der Waals surface area contributed by atoms with Crippen LogP contribution in [-0.2, 0) is 0 Å². The Balaban J connectivity index is 2.19. The van der Waals surface area contributed by atoms with E-state index in [1.807, 2.05) is 49.2 Å². The van der Waals surface area contributed by atoms with Crippen LogP contribution in [0, 0.1) is 6.92 Å². The Kier molecular flexibility index (Phi) is 3.77. The van der Waals surface area contributed by atoms with Crippen LogP contribution in [-0.4, -0.2) is 23.6 Å². The lowest BCUT2D eigenvalue weighted by Gasteiger charge is -2.15. The maximum absolute atomic E-state index is 5.72. The molecule has 0 unspecified atom stereocenters. The van der Waals surface area contributed by atoms with Crippen LogP contribution < -0.4 is 9.64 Å². The van der Waals surface area contributed by atoms with Crippen molar-refractivity contribution >= 4 is 5.82 Å². The molecular formula is C14H17N3O. The average Bonchev–Trinajstić information content (AvgIpc) is 2.38. The lowest BCUT2D eigenvalue weighted by Crippen LogP contribution is -2.17. The third kappa shape index (κ3) is 2.97. The Bertz CT molecular complexity index is 528. The van der Waals surface area contributed by atoms with Gasteiger partial charge in [0.2, 0.25) is 5.88 Å². The highest BCUT2D eigenvalue weighted by atomic mass is 16.5. The van der Waals surface area contributed by atoms with Crippen LogP contribution >= 0.6 is 0 Å². The van der Waals surface area contributed by atoms with Gasteiger partial charge in [-0.2, -0.15) is 0 Å². The molecule has 0 spiro atoms. The van der Waals surface area contributed by atoms with Crippen LogP contribution in [0.15, 0.2) is 36.7 Å². The fourth-order valence-corrected chi connectivity index (χ4v) is 1.56. The van der Waals surface area contributed by atoms with Gasteiger partial charge in [-0.25, -0.2) is 9.97 Å². The molecule has 0 atom stereocenters. The fourth-order valence-electron chi connectivity index (χ4n) is 1.56. The molecule has 0 fully saturated rings. The number of aromatic nitrogens is 2. The maximum atomic E-state index is 5.72. The van der Waals surface area contributed by atoms with Crippen molar-refractivity contribution in [3.63, 3.8) is 0 Å². The van der Waals surface area contributed by atoms with E-state index < -0.39 is 0 Å². The van der Waals surface area contributed by atoms with E-state index in [0.717, 1.165) is 23.7 Å². The quantitative estimate of drug-likeness (QED) is 0.827. The minimum absolute atomic E-state index is 0.561. The van der Waals surface area contributed by atoms with Gasteiger partial charge < -0.3 is 9.64 Å². The molecule has 18 heavy (non-hydrogen) atoms. The zero-order chi connectivity index (χ0) is 13.0. The molecule has 0 radical (unpaired) electrons. The molecule has 0 bridgehead atoms. The van der Waals surface area contributed by atoms with Crippen LogP contribution in [0.4, 0.5) is 5.82 Å². The Morgan fingerprint density at radius 1 is 1.22 bits per heavy atom. The minimum Gasteiger partial charge on any atom is -0.439 e. The van der Waals surface area contributed by atoms with Crippen molar-refractivity contribution in [1.82, 2.24) is 9.97 Å². The Morgan fingerprint density at radius 2 is 2.06 bits per heavy atom. The second kappa shape index (κ2) is 5.49. The molecule has 4 heteroatoms. The number of aryl methyl sites for hydroxylation is 1. The Labute approximate surface area is 107 Å². The van der Waals surface area contributed by atoms with E-state index in [1.54, 1.807) is 0 Å². The third-order valence-corrected chi connectivity index (χ3v) is 2.70. The zero-order valence-corrected chi connectivity index (χ0v) is 10.9. The molecule has 1 heterocycles. The summed E-state index contributed by atoms with van der Waals surface area (Å²) in [7, 11) is 1.98. The second-order valence-electron chi connectivity index (χ2n) is 4.15. The molecule has 1 aromatic heterocycles. The standard InChI is InChI=1S/C14H17N3O/c1-4-17(3)13-9-14(16-10-15-13)18-12-7-5-6-11(2)8-12/h5-10H,4H2,1-3H3. The molecule has 1 aromatic carbocycles. The van der Waals surface area contributed by atoms with Crippen LogP contribution in [0.5, 0.6) is 11.6 Å². The Morgan fingerprint density at radius 3 is 2.78 bits per heavy atom. The molecule has 4 nitrogen and oxygen atoms in total. The molecule has 0 N–H and O–H groups in total. The zero-order valence-electron chi connectivity index (χ0n) is 10.9. The molecule has 0 saturated heterocycles. The highest BCUT2D eigenvalue weighted by Gasteiger charge is 2.04. The monoisotopic (exact) mass is 243 g/mol. The van der Waals surface area contributed by atoms with Crippen molar-refractivity contribution in [3.05, 3.63) is 42.2 Å². The summed E-state index contributed by atoms with van der Waals surface area (Å²) in [6.07, 6.45) is 1.52. The molecule has 0 saturated carbocycles. The summed E-state index contributed by atoms with van der Waals surface area (Å²) in [6, 6.07) is 9.73. The van der Waals surface area contributed by atoms with Gasteiger partial charge in [0.05, 0.1) is 0 Å². The van der Waals surface area contributed by atoms with Crippen LogP contribution in [0.2, 0.25) is 0 Å². The van der Waals surface area contributed by atoms with Crippen molar-refractivity contribution in [3.8, 4) is 11.6 Å². The van der Waals surface area contributed by atoms with Crippen molar-refractivity contribution in [2.45, 2.75) is 13.8 Å². The smallest absolute Gasteiger partial charge is 0.224 e.